The van der Waals surface area contributed by atoms with Crippen molar-refractivity contribution in [2.24, 2.45) is 4.99 Å². The standard InChI is InChI=1S/C11H16N4O3S/c1-14(2)7-12-8-3-4-15(11(17)13-8)9-6-19-10(5-16)18-9/h3-4,7,9-10,16H,5-6H2,1-2H3/t9-,10+/m0/s1. The van der Waals surface area contributed by atoms with Crippen LogP contribution in [0.1, 0.15) is 6.23 Å². The third kappa shape index (κ3) is 3.55. The Morgan fingerprint density at radius 1 is 1.74 bits per heavy atom. The van der Waals surface area contributed by atoms with E-state index >= 15 is 0 Å². The molecule has 2 rings (SSSR count). The van der Waals surface area contributed by atoms with Gasteiger partial charge in [-0.1, -0.05) is 0 Å². The van der Waals surface area contributed by atoms with Gasteiger partial charge in [0.2, 0.25) is 0 Å². The second kappa shape index (κ2) is 6.18. The number of nitrogens with zero attached hydrogens (tertiary/aromatic N) is 4. The molecular weight excluding hydrogens is 268 g/mol. The largest absolute Gasteiger partial charge is 0.393 e. The Morgan fingerprint density at radius 3 is 3.11 bits per heavy atom. The molecule has 104 valence electrons. The molecule has 1 saturated heterocycles. The van der Waals surface area contributed by atoms with Gasteiger partial charge in [-0.05, 0) is 6.07 Å². The number of hydrogen-bond acceptors (Lipinski definition) is 6. The fourth-order valence-corrected chi connectivity index (χ4v) is 2.49. The summed E-state index contributed by atoms with van der Waals surface area (Å²) in [6, 6.07) is 1.65. The highest BCUT2D eigenvalue weighted by molar-refractivity contribution is 8.00. The lowest BCUT2D eigenvalue weighted by Gasteiger charge is -2.13. The number of rotatable bonds is 4. The van der Waals surface area contributed by atoms with Gasteiger partial charge in [-0.25, -0.2) is 9.79 Å². The molecular formula is C11H16N4O3S. The molecule has 0 saturated carbocycles. The Labute approximate surface area is 114 Å². The van der Waals surface area contributed by atoms with Crippen LogP contribution in [-0.4, -0.2) is 57.8 Å². The molecule has 2 atom stereocenters. The Morgan fingerprint density at radius 2 is 2.53 bits per heavy atom. The van der Waals surface area contributed by atoms with E-state index in [0.29, 0.717) is 11.6 Å². The minimum atomic E-state index is -0.405. The van der Waals surface area contributed by atoms with E-state index < -0.39 is 5.69 Å². The molecule has 0 amide bonds. The predicted molar refractivity (Wildman–Crippen MR) is 73.8 cm³/mol. The number of aliphatic imine (C=N–C) groups is 1. The van der Waals surface area contributed by atoms with Crippen molar-refractivity contribution in [3.63, 3.8) is 0 Å². The highest BCUT2D eigenvalue weighted by Gasteiger charge is 2.27. The van der Waals surface area contributed by atoms with E-state index in [1.165, 1.54) is 16.3 Å². The number of aliphatic hydroxyl groups is 1. The van der Waals surface area contributed by atoms with Gasteiger partial charge < -0.3 is 14.7 Å². The minimum absolute atomic E-state index is 0.0610. The van der Waals surface area contributed by atoms with Crippen LogP contribution in [0.3, 0.4) is 0 Å². The average molecular weight is 284 g/mol. The van der Waals surface area contributed by atoms with Crippen LogP contribution < -0.4 is 5.69 Å². The molecule has 0 unspecified atom stereocenters. The fraction of sp³-hybridized carbons (Fsp3) is 0.545. The summed E-state index contributed by atoms with van der Waals surface area (Å²) in [5.41, 5.74) is -0.680. The van der Waals surface area contributed by atoms with Crippen molar-refractivity contribution in [3.05, 3.63) is 22.7 Å². The van der Waals surface area contributed by atoms with E-state index in [-0.39, 0.29) is 18.3 Å². The van der Waals surface area contributed by atoms with Crippen molar-refractivity contribution in [1.29, 1.82) is 0 Å². The summed E-state index contributed by atoms with van der Waals surface area (Å²) in [6.45, 7) is -0.0610. The molecule has 19 heavy (non-hydrogen) atoms. The van der Waals surface area contributed by atoms with E-state index in [2.05, 4.69) is 9.98 Å². The van der Waals surface area contributed by atoms with Crippen molar-refractivity contribution in [3.8, 4) is 0 Å². The first-order valence-corrected chi connectivity index (χ1v) is 6.83. The van der Waals surface area contributed by atoms with Gasteiger partial charge in [0.1, 0.15) is 11.7 Å². The minimum Gasteiger partial charge on any atom is -0.393 e. The summed E-state index contributed by atoms with van der Waals surface area (Å²) < 4.78 is 6.92. The third-order valence-corrected chi connectivity index (χ3v) is 3.54. The fourth-order valence-electron chi connectivity index (χ4n) is 1.55. The van der Waals surface area contributed by atoms with E-state index in [0.717, 1.165) is 0 Å². The number of ether oxygens (including phenoxy) is 1. The first kappa shape index (κ1) is 14.0. The Hall–Kier alpha value is -1.38. The first-order chi connectivity index (χ1) is 9.10. The number of aromatic nitrogens is 2. The zero-order valence-electron chi connectivity index (χ0n) is 10.8. The quantitative estimate of drug-likeness (QED) is 0.621. The zero-order chi connectivity index (χ0) is 13.8. The Bertz CT molecular complexity index is 517. The van der Waals surface area contributed by atoms with Gasteiger partial charge in [-0.15, -0.1) is 11.8 Å². The first-order valence-electron chi connectivity index (χ1n) is 5.78. The van der Waals surface area contributed by atoms with Gasteiger partial charge in [0.25, 0.3) is 0 Å². The van der Waals surface area contributed by atoms with Crippen LogP contribution in [0.2, 0.25) is 0 Å². The SMILES string of the molecule is CN(C)C=Nc1ccn([C@@H]2CS[C@H](CO)O2)c(=O)n1. The lowest BCUT2D eigenvalue weighted by atomic mass is 10.5. The monoisotopic (exact) mass is 284 g/mol. The van der Waals surface area contributed by atoms with Crippen LogP contribution in [0.25, 0.3) is 0 Å². The molecule has 8 heteroatoms. The molecule has 2 heterocycles. The van der Waals surface area contributed by atoms with Crippen molar-refractivity contribution >= 4 is 23.9 Å². The molecule has 1 aromatic heterocycles. The molecule has 0 radical (unpaired) electrons. The molecule has 1 aromatic rings. The van der Waals surface area contributed by atoms with Crippen molar-refractivity contribution in [1.82, 2.24) is 14.5 Å². The van der Waals surface area contributed by atoms with E-state index in [1.807, 2.05) is 14.1 Å². The molecule has 0 aromatic carbocycles. The molecule has 1 aliphatic rings. The van der Waals surface area contributed by atoms with Gasteiger partial charge >= 0.3 is 5.69 Å². The van der Waals surface area contributed by atoms with Crippen LogP contribution in [0.4, 0.5) is 5.82 Å². The van der Waals surface area contributed by atoms with E-state index in [4.69, 9.17) is 9.84 Å². The van der Waals surface area contributed by atoms with Crippen LogP contribution in [0, 0.1) is 0 Å². The maximum atomic E-state index is 11.9. The van der Waals surface area contributed by atoms with Crippen LogP contribution in [-0.2, 0) is 4.74 Å². The van der Waals surface area contributed by atoms with Gasteiger partial charge in [0.15, 0.2) is 5.82 Å². The smallest absolute Gasteiger partial charge is 0.351 e. The Kier molecular flexibility index (Phi) is 4.56. The summed E-state index contributed by atoms with van der Waals surface area (Å²) >= 11 is 1.48. The van der Waals surface area contributed by atoms with E-state index in [9.17, 15) is 4.79 Å². The summed E-state index contributed by atoms with van der Waals surface area (Å²) in [5, 5.41) is 8.99. The lowest BCUT2D eigenvalue weighted by molar-refractivity contribution is -0.00630. The van der Waals surface area contributed by atoms with Gasteiger partial charge in [-0.3, -0.25) is 4.57 Å². The number of hydrogen-bond donors (Lipinski definition) is 1. The zero-order valence-corrected chi connectivity index (χ0v) is 11.6. The van der Waals surface area contributed by atoms with Crippen LogP contribution >= 0.6 is 11.8 Å². The third-order valence-electron chi connectivity index (χ3n) is 2.43. The topological polar surface area (TPSA) is 80.0 Å². The average Bonchev–Trinajstić information content (AvgIpc) is 2.85. The summed E-state index contributed by atoms with van der Waals surface area (Å²) in [7, 11) is 3.67. The molecule has 7 nitrogen and oxygen atoms in total. The normalized spacial score (nSPS) is 23.1. The lowest BCUT2D eigenvalue weighted by Crippen LogP contribution is -2.28. The van der Waals surface area contributed by atoms with Crippen molar-refractivity contribution in [2.45, 2.75) is 11.7 Å². The highest BCUT2D eigenvalue weighted by Crippen LogP contribution is 2.30. The number of thioether (sulfide) groups is 1. The molecule has 0 aliphatic carbocycles. The van der Waals surface area contributed by atoms with Gasteiger partial charge in [0.05, 0.1) is 12.9 Å². The number of aliphatic hydroxyl groups excluding tert-OH is 1. The molecule has 0 spiro atoms. The van der Waals surface area contributed by atoms with Crippen molar-refractivity contribution in [2.75, 3.05) is 26.5 Å². The van der Waals surface area contributed by atoms with Crippen LogP contribution in [0.5, 0.6) is 0 Å². The second-order valence-electron chi connectivity index (χ2n) is 4.22. The molecule has 0 bridgehead atoms. The second-order valence-corrected chi connectivity index (χ2v) is 5.41. The summed E-state index contributed by atoms with van der Waals surface area (Å²) in [5.74, 6) is 0.979. The van der Waals surface area contributed by atoms with Gasteiger partial charge in [0, 0.05) is 26.0 Å². The molecule has 1 N–H and O–H groups in total. The predicted octanol–water partition coefficient (Wildman–Crippen LogP) is 0.0451. The highest BCUT2D eigenvalue weighted by atomic mass is 32.2. The maximum absolute atomic E-state index is 11.9. The van der Waals surface area contributed by atoms with Gasteiger partial charge in [-0.2, -0.15) is 4.98 Å². The van der Waals surface area contributed by atoms with E-state index in [1.54, 1.807) is 23.5 Å². The van der Waals surface area contributed by atoms with Crippen molar-refractivity contribution < 1.29 is 9.84 Å². The molecule has 1 fully saturated rings. The van der Waals surface area contributed by atoms with Crippen LogP contribution in [0.15, 0.2) is 22.1 Å². The maximum Gasteiger partial charge on any atom is 0.351 e. The molecule has 1 aliphatic heterocycles. The summed E-state index contributed by atoms with van der Waals surface area (Å²) in [4.78, 5) is 21.6. The Balaban J connectivity index is 2.14. The summed E-state index contributed by atoms with van der Waals surface area (Å²) in [6.07, 6.45) is 2.81.